The zero-order valence-corrected chi connectivity index (χ0v) is 12.7. The highest BCUT2D eigenvalue weighted by Gasteiger charge is 2.19. The number of hydrogen-bond acceptors (Lipinski definition) is 5. The minimum atomic E-state index is -0.371. The van der Waals surface area contributed by atoms with E-state index in [0.29, 0.717) is 28.2 Å². The fraction of sp³-hybridized carbons (Fsp3) is 0.333. The molecule has 5 heteroatoms. The van der Waals surface area contributed by atoms with Gasteiger partial charge in [0.05, 0.1) is 12.3 Å². The van der Waals surface area contributed by atoms with Gasteiger partial charge in [-0.15, -0.1) is 0 Å². The summed E-state index contributed by atoms with van der Waals surface area (Å²) in [5.41, 5.74) is 8.45. The van der Waals surface area contributed by atoms with Crippen molar-refractivity contribution in [3.05, 3.63) is 34.7 Å². The van der Waals surface area contributed by atoms with Crippen LogP contribution in [-0.2, 0) is 4.74 Å². The molecular weight excluding hydrogens is 272 g/mol. The Bertz CT molecular complexity index is 603. The number of carbonyl (C=O) groups excluding carboxylic acids is 1. The highest BCUT2D eigenvalue weighted by Crippen LogP contribution is 2.31. The van der Waals surface area contributed by atoms with E-state index in [4.69, 9.17) is 10.5 Å². The van der Waals surface area contributed by atoms with Gasteiger partial charge in [-0.2, -0.15) is 0 Å². The van der Waals surface area contributed by atoms with Crippen LogP contribution in [0.15, 0.2) is 24.3 Å². The van der Waals surface area contributed by atoms with Crippen LogP contribution in [0.25, 0.3) is 11.3 Å². The topological polar surface area (TPSA) is 65.2 Å². The van der Waals surface area contributed by atoms with Crippen molar-refractivity contribution in [3.8, 4) is 11.3 Å². The third-order valence-electron chi connectivity index (χ3n) is 2.96. The van der Waals surface area contributed by atoms with Gasteiger partial charge in [-0.3, -0.25) is 0 Å². The van der Waals surface area contributed by atoms with Crippen molar-refractivity contribution < 1.29 is 9.53 Å². The lowest BCUT2D eigenvalue weighted by atomic mass is 10.0. The predicted molar refractivity (Wildman–Crippen MR) is 82.0 cm³/mol. The molecule has 0 aliphatic rings. The smallest absolute Gasteiger partial charge is 0.350 e. The molecule has 0 atom stereocenters. The van der Waals surface area contributed by atoms with Crippen LogP contribution < -0.4 is 5.73 Å². The standard InChI is InChI=1S/C15H18N2O2S/c1-4-19-14(18)13-12(17-15(16)20-13)11-7-5-10(6-8-11)9(2)3/h5-9H,4H2,1-3H3,(H2,16,17). The van der Waals surface area contributed by atoms with Gasteiger partial charge in [-0.05, 0) is 18.4 Å². The molecule has 0 bridgehead atoms. The minimum Gasteiger partial charge on any atom is -0.462 e. The molecule has 0 spiro atoms. The zero-order chi connectivity index (χ0) is 14.7. The molecule has 1 aromatic carbocycles. The second-order valence-corrected chi connectivity index (χ2v) is 5.76. The maximum atomic E-state index is 11.9. The molecule has 2 aromatic rings. The van der Waals surface area contributed by atoms with Gasteiger partial charge in [0.1, 0.15) is 4.88 Å². The summed E-state index contributed by atoms with van der Waals surface area (Å²) in [6, 6.07) is 8.02. The second-order valence-electron chi connectivity index (χ2n) is 4.73. The number of ether oxygens (including phenoxy) is 1. The fourth-order valence-corrected chi connectivity index (χ4v) is 2.64. The summed E-state index contributed by atoms with van der Waals surface area (Å²) in [5.74, 6) is 0.0960. The zero-order valence-electron chi connectivity index (χ0n) is 11.8. The maximum Gasteiger partial charge on any atom is 0.350 e. The number of hydrogen-bond donors (Lipinski definition) is 1. The summed E-state index contributed by atoms with van der Waals surface area (Å²) in [4.78, 5) is 16.6. The number of carbonyl (C=O) groups is 1. The molecular formula is C15H18N2O2S. The van der Waals surface area contributed by atoms with Crippen molar-refractivity contribution in [1.82, 2.24) is 4.98 Å². The van der Waals surface area contributed by atoms with Gasteiger partial charge < -0.3 is 10.5 Å². The lowest BCUT2D eigenvalue weighted by Gasteiger charge is -2.06. The van der Waals surface area contributed by atoms with Crippen LogP contribution in [0, 0.1) is 0 Å². The molecule has 2 rings (SSSR count). The van der Waals surface area contributed by atoms with E-state index in [-0.39, 0.29) is 5.97 Å². The molecule has 0 amide bonds. The molecule has 0 radical (unpaired) electrons. The first kappa shape index (κ1) is 14.5. The molecule has 106 valence electrons. The Kier molecular flexibility index (Phi) is 4.39. The van der Waals surface area contributed by atoms with Crippen molar-refractivity contribution in [2.45, 2.75) is 26.7 Å². The SMILES string of the molecule is CCOC(=O)c1sc(N)nc1-c1ccc(C(C)C)cc1. The monoisotopic (exact) mass is 290 g/mol. The first-order chi connectivity index (χ1) is 9.52. The van der Waals surface area contributed by atoms with Gasteiger partial charge in [0.2, 0.25) is 0 Å². The highest BCUT2D eigenvalue weighted by atomic mass is 32.1. The number of nitrogen functional groups attached to an aromatic ring is 1. The van der Waals surface area contributed by atoms with Crippen molar-refractivity contribution in [2.24, 2.45) is 0 Å². The summed E-state index contributed by atoms with van der Waals surface area (Å²) < 4.78 is 5.04. The normalized spacial score (nSPS) is 10.8. The molecule has 0 aliphatic carbocycles. The summed E-state index contributed by atoms with van der Waals surface area (Å²) in [6.07, 6.45) is 0. The van der Waals surface area contributed by atoms with E-state index in [2.05, 4.69) is 18.8 Å². The maximum absolute atomic E-state index is 11.9. The van der Waals surface area contributed by atoms with E-state index < -0.39 is 0 Å². The lowest BCUT2D eigenvalue weighted by Crippen LogP contribution is -2.04. The van der Waals surface area contributed by atoms with Gasteiger partial charge >= 0.3 is 5.97 Å². The van der Waals surface area contributed by atoms with Crippen molar-refractivity contribution in [3.63, 3.8) is 0 Å². The third kappa shape index (κ3) is 2.99. The Hall–Kier alpha value is -1.88. The van der Waals surface area contributed by atoms with Crippen LogP contribution in [0.5, 0.6) is 0 Å². The number of rotatable bonds is 4. The van der Waals surface area contributed by atoms with Gasteiger partial charge in [-0.25, -0.2) is 9.78 Å². The van der Waals surface area contributed by atoms with Crippen LogP contribution in [0.3, 0.4) is 0 Å². The molecule has 0 saturated carbocycles. The van der Waals surface area contributed by atoms with Crippen molar-refractivity contribution in [2.75, 3.05) is 12.3 Å². The van der Waals surface area contributed by atoms with Gasteiger partial charge in [0.25, 0.3) is 0 Å². The Morgan fingerprint density at radius 1 is 1.35 bits per heavy atom. The Morgan fingerprint density at radius 3 is 2.55 bits per heavy atom. The summed E-state index contributed by atoms with van der Waals surface area (Å²) in [6.45, 7) is 6.39. The fourth-order valence-electron chi connectivity index (χ4n) is 1.89. The van der Waals surface area contributed by atoms with Crippen LogP contribution in [-0.4, -0.2) is 17.6 Å². The molecule has 2 N–H and O–H groups in total. The summed E-state index contributed by atoms with van der Waals surface area (Å²) in [5, 5.41) is 0.371. The number of aromatic nitrogens is 1. The number of anilines is 1. The molecule has 0 aliphatic heterocycles. The lowest BCUT2D eigenvalue weighted by molar-refractivity contribution is 0.0532. The average molecular weight is 290 g/mol. The van der Waals surface area contributed by atoms with E-state index in [9.17, 15) is 4.79 Å². The first-order valence-corrected chi connectivity index (χ1v) is 7.38. The highest BCUT2D eigenvalue weighted by molar-refractivity contribution is 7.17. The molecule has 1 heterocycles. The minimum absolute atomic E-state index is 0.336. The van der Waals surface area contributed by atoms with Crippen molar-refractivity contribution >= 4 is 22.4 Å². The Morgan fingerprint density at radius 2 is 2.00 bits per heavy atom. The second kappa shape index (κ2) is 6.05. The number of nitrogens with zero attached hydrogens (tertiary/aromatic N) is 1. The predicted octanol–water partition coefficient (Wildman–Crippen LogP) is 3.69. The molecule has 20 heavy (non-hydrogen) atoms. The number of nitrogens with two attached hydrogens (primary N) is 1. The largest absolute Gasteiger partial charge is 0.462 e. The van der Waals surface area contributed by atoms with E-state index >= 15 is 0 Å². The molecule has 0 unspecified atom stereocenters. The summed E-state index contributed by atoms with van der Waals surface area (Å²) >= 11 is 1.16. The number of benzene rings is 1. The van der Waals surface area contributed by atoms with Gasteiger partial charge in [-0.1, -0.05) is 49.4 Å². The number of esters is 1. The summed E-state index contributed by atoms with van der Waals surface area (Å²) in [7, 11) is 0. The van der Waals surface area contributed by atoms with Crippen molar-refractivity contribution in [1.29, 1.82) is 0 Å². The molecule has 0 saturated heterocycles. The molecule has 4 nitrogen and oxygen atoms in total. The molecule has 1 aromatic heterocycles. The van der Waals surface area contributed by atoms with Crippen LogP contribution in [0.1, 0.15) is 41.9 Å². The van der Waals surface area contributed by atoms with Gasteiger partial charge in [0.15, 0.2) is 5.13 Å². The van der Waals surface area contributed by atoms with Crippen LogP contribution in [0.2, 0.25) is 0 Å². The quantitative estimate of drug-likeness (QED) is 0.872. The third-order valence-corrected chi connectivity index (χ3v) is 3.82. The molecule has 0 fully saturated rings. The van der Waals surface area contributed by atoms with Gasteiger partial charge in [0, 0.05) is 5.56 Å². The Labute approximate surface area is 122 Å². The number of thiazole rings is 1. The Balaban J connectivity index is 2.39. The van der Waals surface area contributed by atoms with E-state index in [1.165, 1.54) is 5.56 Å². The van der Waals surface area contributed by atoms with Crippen LogP contribution >= 0.6 is 11.3 Å². The average Bonchev–Trinajstić information content (AvgIpc) is 2.81. The first-order valence-electron chi connectivity index (χ1n) is 6.56. The van der Waals surface area contributed by atoms with E-state index in [1.807, 2.05) is 24.3 Å². The van der Waals surface area contributed by atoms with E-state index in [1.54, 1.807) is 6.92 Å². The van der Waals surface area contributed by atoms with Crippen LogP contribution in [0.4, 0.5) is 5.13 Å². The van der Waals surface area contributed by atoms with E-state index in [0.717, 1.165) is 16.9 Å².